The fraction of sp³-hybridized carbons (Fsp3) is 0.429. The predicted molar refractivity (Wildman–Crippen MR) is 106 cm³/mol. The Morgan fingerprint density at radius 1 is 0.520 bits per heavy atom. The van der Waals surface area contributed by atoms with Crippen molar-refractivity contribution in [2.75, 3.05) is 20.0 Å². The third-order valence-corrected chi connectivity index (χ3v) is 2.73. The van der Waals surface area contributed by atoms with Gasteiger partial charge in [-0.3, -0.25) is 0 Å². The Labute approximate surface area is 153 Å². The quantitative estimate of drug-likeness (QED) is 0.567. The summed E-state index contributed by atoms with van der Waals surface area (Å²) in [7, 11) is 0. The van der Waals surface area contributed by atoms with Gasteiger partial charge in [-0.25, -0.2) is 0 Å². The van der Waals surface area contributed by atoms with Crippen LogP contribution in [0.15, 0.2) is 48.5 Å². The summed E-state index contributed by atoms with van der Waals surface area (Å²) in [5.74, 6) is 3.40. The fourth-order valence-corrected chi connectivity index (χ4v) is 1.84. The highest BCUT2D eigenvalue weighted by atomic mass is 16.7. The van der Waals surface area contributed by atoms with Gasteiger partial charge in [0, 0.05) is 0 Å². The van der Waals surface area contributed by atoms with E-state index < -0.39 is 0 Å². The number of para-hydroxylation sites is 4. The first-order valence-electron chi connectivity index (χ1n) is 8.13. The Kier molecular flexibility index (Phi) is 15.1. The van der Waals surface area contributed by atoms with Crippen molar-refractivity contribution in [1.29, 1.82) is 0 Å². The van der Waals surface area contributed by atoms with E-state index in [0.29, 0.717) is 20.0 Å². The van der Waals surface area contributed by atoms with E-state index in [1.165, 1.54) is 0 Å². The molecule has 0 atom stereocenters. The summed E-state index contributed by atoms with van der Waals surface area (Å²) in [5, 5.41) is 0. The van der Waals surface area contributed by atoms with Gasteiger partial charge < -0.3 is 18.9 Å². The van der Waals surface area contributed by atoms with Crippen LogP contribution in [0.5, 0.6) is 23.0 Å². The Hall–Kier alpha value is -2.36. The van der Waals surface area contributed by atoms with Crippen molar-refractivity contribution in [2.45, 2.75) is 42.5 Å². The predicted octanol–water partition coefficient (Wildman–Crippen LogP) is 6.20. The second kappa shape index (κ2) is 15.2. The van der Waals surface area contributed by atoms with Crippen molar-refractivity contribution in [1.82, 2.24) is 0 Å². The molecule has 0 amide bonds. The molecule has 2 heterocycles. The van der Waals surface area contributed by atoms with Crippen LogP contribution in [-0.4, -0.2) is 20.0 Å². The lowest BCUT2D eigenvalue weighted by molar-refractivity contribution is 0.171. The van der Waals surface area contributed by atoms with E-state index in [4.69, 9.17) is 18.9 Å². The van der Waals surface area contributed by atoms with Gasteiger partial charge in [0.2, 0.25) is 6.79 Å². The molecule has 0 aromatic heterocycles. The number of ether oxygens (including phenoxy) is 4. The molecule has 0 saturated heterocycles. The molecule has 0 spiro atoms. The number of hydrogen-bond donors (Lipinski definition) is 0. The van der Waals surface area contributed by atoms with Crippen molar-refractivity contribution in [2.24, 2.45) is 0 Å². The summed E-state index contributed by atoms with van der Waals surface area (Å²) < 4.78 is 20.7. The highest BCUT2D eigenvalue weighted by molar-refractivity contribution is 5.41. The molecule has 0 unspecified atom stereocenters. The molecule has 0 radical (unpaired) electrons. The lowest BCUT2D eigenvalue weighted by Gasteiger charge is -2.17. The minimum absolute atomic E-state index is 0. The minimum Gasteiger partial charge on any atom is -0.486 e. The summed E-state index contributed by atoms with van der Waals surface area (Å²) in [6, 6.07) is 15.3. The number of benzene rings is 2. The van der Waals surface area contributed by atoms with Crippen LogP contribution in [0.3, 0.4) is 0 Å². The topological polar surface area (TPSA) is 36.9 Å². The Balaban J connectivity index is 0. The van der Waals surface area contributed by atoms with E-state index in [2.05, 4.69) is 0 Å². The molecule has 0 aliphatic carbocycles. The molecule has 2 aliphatic heterocycles. The van der Waals surface area contributed by atoms with Gasteiger partial charge in [-0.2, -0.15) is 0 Å². The van der Waals surface area contributed by atoms with Gasteiger partial charge in [0.1, 0.15) is 13.2 Å². The Morgan fingerprint density at radius 2 is 0.800 bits per heavy atom. The first kappa shape index (κ1) is 24.9. The lowest BCUT2D eigenvalue weighted by Crippen LogP contribution is -2.14. The molecule has 2 aliphatic rings. The second-order valence-corrected chi connectivity index (χ2v) is 4.00. The van der Waals surface area contributed by atoms with E-state index in [1.54, 1.807) is 0 Å². The summed E-state index contributed by atoms with van der Waals surface area (Å²) in [6.07, 6.45) is 0. The van der Waals surface area contributed by atoms with Crippen LogP contribution in [0.25, 0.3) is 0 Å². The number of fused-ring (bicyclic) bond motifs is 2. The maximum atomic E-state index is 5.30. The van der Waals surface area contributed by atoms with Crippen molar-refractivity contribution in [3.63, 3.8) is 0 Å². The maximum Gasteiger partial charge on any atom is 0.231 e. The van der Waals surface area contributed by atoms with Crippen LogP contribution < -0.4 is 18.9 Å². The van der Waals surface area contributed by atoms with E-state index >= 15 is 0 Å². The standard InChI is InChI=1S/C8H8O2.C7H6O2.2C2H6.2CH4/c1-2-4-8-7(3-1)9-5-6-10-8;1-2-4-7-6(3-1)8-5-9-7;2*1-2;;/h1-4H,5-6H2;1-4H,5H2;2*1-2H3;2*1H4. The molecule has 2 aromatic rings. The summed E-state index contributed by atoms with van der Waals surface area (Å²) >= 11 is 0. The van der Waals surface area contributed by atoms with Gasteiger partial charge in [0.05, 0.1) is 0 Å². The molecule has 4 heteroatoms. The normalized spacial score (nSPS) is 11.4. The van der Waals surface area contributed by atoms with Crippen LogP contribution in [-0.2, 0) is 0 Å². The van der Waals surface area contributed by atoms with Gasteiger partial charge >= 0.3 is 0 Å². The second-order valence-electron chi connectivity index (χ2n) is 4.00. The van der Waals surface area contributed by atoms with Gasteiger partial charge in [0.25, 0.3) is 0 Å². The van der Waals surface area contributed by atoms with Crippen LogP contribution in [0.2, 0.25) is 0 Å². The van der Waals surface area contributed by atoms with Crippen molar-refractivity contribution < 1.29 is 18.9 Å². The zero-order valence-electron chi connectivity index (χ0n) is 14.4. The molecule has 4 nitrogen and oxygen atoms in total. The van der Waals surface area contributed by atoms with E-state index in [0.717, 1.165) is 23.0 Å². The first-order valence-corrected chi connectivity index (χ1v) is 8.13. The van der Waals surface area contributed by atoms with Crippen LogP contribution >= 0.6 is 0 Å². The molecule has 25 heavy (non-hydrogen) atoms. The zero-order chi connectivity index (χ0) is 16.9. The Morgan fingerprint density at radius 3 is 1.12 bits per heavy atom. The van der Waals surface area contributed by atoms with Gasteiger partial charge in [-0.05, 0) is 24.3 Å². The average molecular weight is 350 g/mol. The third-order valence-electron chi connectivity index (χ3n) is 2.73. The Bertz CT molecular complexity index is 507. The molecule has 0 N–H and O–H groups in total. The van der Waals surface area contributed by atoms with Crippen LogP contribution in [0.1, 0.15) is 42.5 Å². The minimum atomic E-state index is 0. The van der Waals surface area contributed by atoms with E-state index in [-0.39, 0.29) is 14.9 Å². The number of rotatable bonds is 0. The molecule has 0 bridgehead atoms. The molecule has 0 saturated carbocycles. The molecule has 142 valence electrons. The molecule has 0 fully saturated rings. The third kappa shape index (κ3) is 7.84. The maximum absolute atomic E-state index is 5.30. The molecule has 2 aromatic carbocycles. The largest absolute Gasteiger partial charge is 0.486 e. The van der Waals surface area contributed by atoms with Crippen molar-refractivity contribution >= 4 is 0 Å². The fourth-order valence-electron chi connectivity index (χ4n) is 1.84. The van der Waals surface area contributed by atoms with Crippen LogP contribution in [0, 0.1) is 0 Å². The zero-order valence-corrected chi connectivity index (χ0v) is 14.4. The molecule has 4 rings (SSSR count). The lowest BCUT2D eigenvalue weighted by atomic mass is 10.3. The number of hydrogen-bond acceptors (Lipinski definition) is 4. The monoisotopic (exact) mass is 350 g/mol. The molecular weight excluding hydrogens is 316 g/mol. The van der Waals surface area contributed by atoms with Crippen LogP contribution in [0.4, 0.5) is 0 Å². The van der Waals surface area contributed by atoms with Gasteiger partial charge in [0.15, 0.2) is 23.0 Å². The smallest absolute Gasteiger partial charge is 0.231 e. The van der Waals surface area contributed by atoms with Crippen molar-refractivity contribution in [3.05, 3.63) is 48.5 Å². The van der Waals surface area contributed by atoms with Crippen molar-refractivity contribution in [3.8, 4) is 23.0 Å². The highest BCUT2D eigenvalue weighted by Gasteiger charge is 2.09. The summed E-state index contributed by atoms with van der Waals surface area (Å²) in [6.45, 7) is 9.69. The average Bonchev–Trinajstić information content (AvgIpc) is 3.14. The molecular formula is C21H34O4. The van der Waals surface area contributed by atoms with Gasteiger partial charge in [-0.1, -0.05) is 66.8 Å². The summed E-state index contributed by atoms with van der Waals surface area (Å²) in [4.78, 5) is 0. The summed E-state index contributed by atoms with van der Waals surface area (Å²) in [5.41, 5.74) is 0. The van der Waals surface area contributed by atoms with E-state index in [1.807, 2.05) is 76.2 Å². The van der Waals surface area contributed by atoms with E-state index in [9.17, 15) is 0 Å². The SMILES string of the molecule is C.C.CC.CC.c1ccc2c(c1)OCCO2.c1ccc2c(c1)OCO2. The first-order chi connectivity index (χ1) is 11.4. The van der Waals surface area contributed by atoms with Gasteiger partial charge in [-0.15, -0.1) is 0 Å². The highest BCUT2D eigenvalue weighted by Crippen LogP contribution is 2.30.